The molecule has 36 heavy (non-hydrogen) atoms. The summed E-state index contributed by atoms with van der Waals surface area (Å²) in [5, 5.41) is 20.5. The van der Waals surface area contributed by atoms with Gasteiger partial charge in [0.15, 0.2) is 0 Å². The van der Waals surface area contributed by atoms with Crippen LogP contribution in [0, 0.1) is 5.41 Å². The lowest BCUT2D eigenvalue weighted by molar-refractivity contribution is 0.209. The van der Waals surface area contributed by atoms with Crippen molar-refractivity contribution in [3.8, 4) is 11.5 Å². The van der Waals surface area contributed by atoms with E-state index in [0.717, 1.165) is 11.0 Å². The molecule has 1 aromatic heterocycles. The van der Waals surface area contributed by atoms with Gasteiger partial charge in [-0.1, -0.05) is 30.9 Å². The first-order valence-corrected chi connectivity index (χ1v) is 11.6. The summed E-state index contributed by atoms with van der Waals surface area (Å²) in [6.45, 7) is 5.94. The van der Waals surface area contributed by atoms with Crippen molar-refractivity contribution in [3.63, 3.8) is 0 Å². The van der Waals surface area contributed by atoms with Crippen LogP contribution in [0.4, 0.5) is 5.69 Å². The highest BCUT2D eigenvalue weighted by Crippen LogP contribution is 2.39. The number of anilines is 1. The summed E-state index contributed by atoms with van der Waals surface area (Å²) in [6, 6.07) is 12.4. The number of ether oxygens (including phenoxy) is 3. The highest BCUT2D eigenvalue weighted by Gasteiger charge is 2.40. The average Bonchev–Trinajstić information content (AvgIpc) is 3.41. The summed E-state index contributed by atoms with van der Waals surface area (Å²) >= 11 is 0. The van der Waals surface area contributed by atoms with E-state index in [1.165, 1.54) is 0 Å². The molecule has 0 radical (unpaired) electrons. The van der Waals surface area contributed by atoms with Crippen LogP contribution in [0.25, 0.3) is 16.6 Å². The van der Waals surface area contributed by atoms with Crippen LogP contribution in [0.1, 0.15) is 19.2 Å². The van der Waals surface area contributed by atoms with E-state index in [-0.39, 0.29) is 11.6 Å². The van der Waals surface area contributed by atoms with E-state index in [1.54, 1.807) is 37.3 Å². The smallest absolute Gasteiger partial charge is 0.145 e. The van der Waals surface area contributed by atoms with Crippen LogP contribution in [-0.2, 0) is 4.74 Å². The minimum atomic E-state index is -0.562. The Morgan fingerprint density at radius 1 is 1.19 bits per heavy atom. The summed E-state index contributed by atoms with van der Waals surface area (Å²) in [6.07, 6.45) is 7.57. The predicted octanol–water partition coefficient (Wildman–Crippen LogP) is 5.77. The molecule has 1 aliphatic rings. The van der Waals surface area contributed by atoms with E-state index in [0.29, 0.717) is 47.4 Å². The van der Waals surface area contributed by atoms with E-state index in [2.05, 4.69) is 16.5 Å². The molecule has 0 bridgehead atoms. The van der Waals surface area contributed by atoms with Crippen LogP contribution in [0.3, 0.4) is 0 Å². The van der Waals surface area contributed by atoms with Crippen molar-refractivity contribution >= 4 is 28.1 Å². The van der Waals surface area contributed by atoms with Gasteiger partial charge in [0.2, 0.25) is 0 Å². The molecule has 1 atom stereocenters. The number of hydrogen-bond acceptors (Lipinski definition) is 6. The Morgan fingerprint density at radius 2 is 1.92 bits per heavy atom. The Kier molecular flexibility index (Phi) is 7.44. The number of aliphatic hydroxyl groups excluding tert-OH is 1. The van der Waals surface area contributed by atoms with Gasteiger partial charge in [-0.3, -0.25) is 5.41 Å². The van der Waals surface area contributed by atoms with E-state index >= 15 is 0 Å². The third kappa shape index (κ3) is 4.84. The zero-order valence-electron chi connectivity index (χ0n) is 20.6. The Bertz CT molecular complexity index is 1310. The van der Waals surface area contributed by atoms with Crippen LogP contribution in [0.5, 0.6) is 11.5 Å². The number of aliphatic hydroxyl groups is 1. The quantitative estimate of drug-likeness (QED) is 0.248. The third-order valence-electron chi connectivity index (χ3n) is 5.87. The molecule has 8 nitrogen and oxygen atoms in total. The zero-order valence-corrected chi connectivity index (χ0v) is 20.6. The molecular formula is C28H30N4O4. The first-order valence-electron chi connectivity index (χ1n) is 11.6. The van der Waals surface area contributed by atoms with Gasteiger partial charge in [0.1, 0.15) is 34.7 Å². The van der Waals surface area contributed by atoms with Gasteiger partial charge >= 0.3 is 0 Å². The number of aromatic amines is 1. The topological polar surface area (TPSA) is 104 Å². The summed E-state index contributed by atoms with van der Waals surface area (Å²) in [4.78, 5) is 9.62. The van der Waals surface area contributed by atoms with E-state index < -0.39 is 6.04 Å². The second-order valence-corrected chi connectivity index (χ2v) is 8.11. The standard InChI is InChI=1S/C28H30N4O4/c1-5-9-19(10-6-2)36-14-13-24-26(33)25(28-30-22-11-7-8-12-23(22)31-28)27(29)32(24)18-15-20(34-3)17-21(16-18)35-4/h5-12,15-17,24,29,33H,1,13-14H2,2-4H3,(H,30,31)/b10-6-,19-9+,29-27?. The highest BCUT2D eigenvalue weighted by molar-refractivity contribution is 6.31. The number of amidine groups is 1. The number of methoxy groups -OCH3 is 2. The lowest BCUT2D eigenvalue weighted by atomic mass is 10.1. The molecular weight excluding hydrogens is 456 g/mol. The number of benzene rings is 2. The molecule has 0 saturated heterocycles. The predicted molar refractivity (Wildman–Crippen MR) is 143 cm³/mol. The van der Waals surface area contributed by atoms with Crippen molar-refractivity contribution in [1.82, 2.24) is 9.97 Å². The molecule has 3 N–H and O–H groups in total. The molecule has 0 spiro atoms. The molecule has 0 fully saturated rings. The van der Waals surface area contributed by atoms with Crippen LogP contribution in [-0.4, -0.2) is 47.8 Å². The number of nitrogens with zero attached hydrogens (tertiary/aromatic N) is 2. The molecule has 3 aromatic rings. The second-order valence-electron chi connectivity index (χ2n) is 8.11. The number of rotatable bonds is 10. The Morgan fingerprint density at radius 3 is 2.56 bits per heavy atom. The number of imidazole rings is 1. The van der Waals surface area contributed by atoms with E-state index in [1.807, 2.05) is 55.5 Å². The second kappa shape index (κ2) is 10.9. The molecule has 186 valence electrons. The fourth-order valence-corrected chi connectivity index (χ4v) is 4.22. The normalized spacial score (nSPS) is 16.3. The summed E-state index contributed by atoms with van der Waals surface area (Å²) < 4.78 is 16.8. The number of hydrogen-bond donors (Lipinski definition) is 3. The van der Waals surface area contributed by atoms with Crippen molar-refractivity contribution in [1.29, 1.82) is 5.41 Å². The maximum absolute atomic E-state index is 11.4. The van der Waals surface area contributed by atoms with Gasteiger partial charge < -0.3 is 29.2 Å². The van der Waals surface area contributed by atoms with E-state index in [9.17, 15) is 5.11 Å². The fraction of sp³-hybridized carbons (Fsp3) is 0.214. The van der Waals surface area contributed by atoms with Gasteiger partial charge in [0.25, 0.3) is 0 Å². The fourth-order valence-electron chi connectivity index (χ4n) is 4.22. The summed E-state index contributed by atoms with van der Waals surface area (Å²) in [5.74, 6) is 2.41. The van der Waals surface area contributed by atoms with Crippen molar-refractivity contribution in [2.75, 3.05) is 25.7 Å². The van der Waals surface area contributed by atoms with Crippen LogP contribution in [0.2, 0.25) is 0 Å². The van der Waals surface area contributed by atoms with Gasteiger partial charge in [-0.25, -0.2) is 4.98 Å². The number of fused-ring (bicyclic) bond motifs is 1. The lowest BCUT2D eigenvalue weighted by Gasteiger charge is -2.28. The van der Waals surface area contributed by atoms with Crippen LogP contribution >= 0.6 is 0 Å². The molecule has 2 aromatic carbocycles. The van der Waals surface area contributed by atoms with Gasteiger partial charge in [-0.05, 0) is 31.2 Å². The minimum Gasteiger partial charge on any atom is -0.509 e. The first-order chi connectivity index (χ1) is 17.5. The van der Waals surface area contributed by atoms with Crippen molar-refractivity contribution in [2.24, 2.45) is 0 Å². The number of para-hydroxylation sites is 2. The SMILES string of the molecule is C=C/C=C(\C=C/C)OCCC1C(O)=C(c2nc3ccccc3[nH]2)C(=N)N1c1cc(OC)cc(OC)c1. The molecule has 1 unspecified atom stereocenters. The maximum atomic E-state index is 11.4. The largest absolute Gasteiger partial charge is 0.509 e. The monoisotopic (exact) mass is 486 g/mol. The number of allylic oxidation sites excluding steroid dienone is 4. The van der Waals surface area contributed by atoms with Crippen molar-refractivity contribution in [2.45, 2.75) is 19.4 Å². The van der Waals surface area contributed by atoms with E-state index in [4.69, 9.17) is 19.6 Å². The van der Waals surface area contributed by atoms with Gasteiger partial charge in [-0.15, -0.1) is 0 Å². The van der Waals surface area contributed by atoms with Gasteiger partial charge in [0.05, 0.1) is 49.2 Å². The summed E-state index contributed by atoms with van der Waals surface area (Å²) in [7, 11) is 3.15. The zero-order chi connectivity index (χ0) is 25.7. The van der Waals surface area contributed by atoms with Gasteiger partial charge in [0, 0.05) is 24.6 Å². The molecule has 8 heteroatoms. The Balaban J connectivity index is 1.74. The molecule has 2 heterocycles. The Labute approximate surface area is 210 Å². The molecule has 0 saturated carbocycles. The molecule has 4 rings (SSSR count). The molecule has 0 amide bonds. The summed E-state index contributed by atoms with van der Waals surface area (Å²) in [5.41, 5.74) is 2.57. The highest BCUT2D eigenvalue weighted by atomic mass is 16.5. The van der Waals surface area contributed by atoms with Crippen LogP contribution in [0.15, 0.2) is 84.9 Å². The maximum Gasteiger partial charge on any atom is 0.145 e. The third-order valence-corrected chi connectivity index (χ3v) is 5.87. The van der Waals surface area contributed by atoms with Crippen molar-refractivity contribution < 1.29 is 19.3 Å². The number of aromatic nitrogens is 2. The van der Waals surface area contributed by atoms with Crippen LogP contribution < -0.4 is 14.4 Å². The lowest BCUT2D eigenvalue weighted by Crippen LogP contribution is -2.36. The molecule has 0 aliphatic carbocycles. The Hall–Kier alpha value is -4.46. The minimum absolute atomic E-state index is 0.0460. The number of H-pyrrole nitrogens is 1. The van der Waals surface area contributed by atoms with Gasteiger partial charge in [-0.2, -0.15) is 0 Å². The average molecular weight is 487 g/mol. The molecule has 1 aliphatic heterocycles. The van der Waals surface area contributed by atoms with Crippen molar-refractivity contribution in [3.05, 3.63) is 90.7 Å². The first kappa shape index (κ1) is 24.7. The number of nitrogens with one attached hydrogen (secondary N) is 2.